The molecule has 1 aromatic carbocycles. The molecule has 27 heavy (non-hydrogen) atoms. The summed E-state index contributed by atoms with van der Waals surface area (Å²) in [5.74, 6) is 0. The minimum absolute atomic E-state index is 0.238. The molecular weight excluding hydrogens is 344 g/mol. The fraction of sp³-hybridized carbons (Fsp3) is 0.682. The first-order chi connectivity index (χ1) is 13.1. The monoisotopic (exact) mass is 379 g/mol. The highest BCUT2D eigenvalue weighted by molar-refractivity contribution is 5.39. The maximum Gasteiger partial charge on any atom is 0.158 e. The topological polar surface area (TPSA) is 90.2 Å². The molecule has 153 valence electrons. The van der Waals surface area contributed by atoms with Gasteiger partial charge in [0.25, 0.3) is 0 Å². The quantitative estimate of drug-likeness (QED) is 0.444. The second-order valence-electron chi connectivity index (χ2n) is 7.51. The summed E-state index contributed by atoms with van der Waals surface area (Å²) in [6, 6.07) is 7.68. The van der Waals surface area contributed by atoms with E-state index >= 15 is 0 Å². The van der Waals surface area contributed by atoms with E-state index in [-0.39, 0.29) is 6.10 Å². The molecule has 0 bridgehead atoms. The van der Waals surface area contributed by atoms with Crippen LogP contribution in [0, 0.1) is 6.10 Å². The molecule has 1 aromatic rings. The number of hydrogen-bond acceptors (Lipinski definition) is 5. The molecule has 1 aliphatic rings. The molecule has 4 atom stereocenters. The fourth-order valence-electron chi connectivity index (χ4n) is 3.66. The standard InChI is InChI=1S/C22H35O5/c1-2-3-4-5-6-7-8-9-12-16-13-10-11-14-17(16)22-21(26)20(25)19(24)18(15-23)27-22/h10-11,13-14,18-21,23-26H,2-9,12,15H2,1H3/t18-,19-,20+,21-/m1/s1. The molecule has 2 rings (SSSR count). The Morgan fingerprint density at radius 3 is 2.15 bits per heavy atom. The van der Waals surface area contributed by atoms with Gasteiger partial charge in [0.2, 0.25) is 0 Å². The van der Waals surface area contributed by atoms with Gasteiger partial charge in [0.15, 0.2) is 6.10 Å². The van der Waals surface area contributed by atoms with Crippen molar-refractivity contribution in [2.24, 2.45) is 0 Å². The maximum atomic E-state index is 10.4. The average Bonchev–Trinajstić information content (AvgIpc) is 2.69. The average molecular weight is 380 g/mol. The smallest absolute Gasteiger partial charge is 0.158 e. The number of aliphatic hydroxyl groups excluding tert-OH is 4. The molecule has 5 nitrogen and oxygen atoms in total. The van der Waals surface area contributed by atoms with Crippen molar-refractivity contribution in [3.63, 3.8) is 0 Å². The number of aliphatic hydroxyl groups is 4. The van der Waals surface area contributed by atoms with Gasteiger partial charge in [-0.15, -0.1) is 0 Å². The molecule has 1 aliphatic heterocycles. The number of benzene rings is 1. The molecule has 0 aromatic heterocycles. The first kappa shape index (κ1) is 22.3. The number of rotatable bonds is 11. The van der Waals surface area contributed by atoms with E-state index < -0.39 is 31.0 Å². The highest BCUT2D eigenvalue weighted by Crippen LogP contribution is 2.33. The van der Waals surface area contributed by atoms with E-state index in [1.165, 1.54) is 44.9 Å². The van der Waals surface area contributed by atoms with Crippen LogP contribution in [-0.2, 0) is 11.2 Å². The summed E-state index contributed by atoms with van der Waals surface area (Å²) in [4.78, 5) is 0. The van der Waals surface area contributed by atoms with Gasteiger partial charge < -0.3 is 25.2 Å². The summed E-state index contributed by atoms with van der Waals surface area (Å²) in [7, 11) is 0. The van der Waals surface area contributed by atoms with Crippen molar-refractivity contribution in [2.45, 2.75) is 89.1 Å². The van der Waals surface area contributed by atoms with Crippen molar-refractivity contribution in [3.05, 3.63) is 41.5 Å². The van der Waals surface area contributed by atoms with E-state index in [1.807, 2.05) is 24.3 Å². The van der Waals surface area contributed by atoms with E-state index in [0.29, 0.717) is 0 Å². The lowest BCUT2D eigenvalue weighted by Gasteiger charge is -2.40. The first-order valence-electron chi connectivity index (χ1n) is 10.4. The van der Waals surface area contributed by atoms with Gasteiger partial charge in [-0.1, -0.05) is 76.1 Å². The van der Waals surface area contributed by atoms with Crippen LogP contribution in [0.4, 0.5) is 0 Å². The van der Waals surface area contributed by atoms with Gasteiger partial charge in [0.05, 0.1) is 6.61 Å². The molecule has 0 spiro atoms. The van der Waals surface area contributed by atoms with Crippen LogP contribution in [0.2, 0.25) is 0 Å². The third-order valence-electron chi connectivity index (χ3n) is 5.36. The Kier molecular flexibility index (Phi) is 9.73. The predicted octanol–water partition coefficient (Wildman–Crippen LogP) is 2.72. The first-order valence-corrected chi connectivity index (χ1v) is 10.4. The molecule has 0 unspecified atom stereocenters. The lowest BCUT2D eigenvalue weighted by Crippen LogP contribution is -2.55. The lowest BCUT2D eigenvalue weighted by molar-refractivity contribution is -0.184. The Hall–Kier alpha value is -0.980. The fourth-order valence-corrected chi connectivity index (χ4v) is 3.66. The molecule has 0 saturated carbocycles. The predicted molar refractivity (Wildman–Crippen MR) is 105 cm³/mol. The van der Waals surface area contributed by atoms with Crippen molar-refractivity contribution >= 4 is 0 Å². The van der Waals surface area contributed by atoms with Gasteiger partial charge in [-0.05, 0) is 24.0 Å². The van der Waals surface area contributed by atoms with Crippen molar-refractivity contribution in [1.82, 2.24) is 0 Å². The zero-order valence-electron chi connectivity index (χ0n) is 16.4. The lowest BCUT2D eigenvalue weighted by atomic mass is 9.88. The number of ether oxygens (including phenoxy) is 1. The summed E-state index contributed by atoms with van der Waals surface area (Å²) in [5, 5.41) is 39.7. The van der Waals surface area contributed by atoms with Crippen molar-refractivity contribution in [2.75, 3.05) is 6.61 Å². The highest BCUT2D eigenvalue weighted by atomic mass is 16.5. The van der Waals surface area contributed by atoms with Gasteiger partial charge in [-0.3, -0.25) is 0 Å². The van der Waals surface area contributed by atoms with Crippen molar-refractivity contribution < 1.29 is 25.2 Å². The third kappa shape index (κ3) is 6.26. The largest absolute Gasteiger partial charge is 0.394 e. The van der Waals surface area contributed by atoms with E-state index in [4.69, 9.17) is 4.74 Å². The summed E-state index contributed by atoms with van der Waals surface area (Å²) < 4.78 is 5.65. The van der Waals surface area contributed by atoms with Gasteiger partial charge in [0.1, 0.15) is 24.4 Å². The van der Waals surface area contributed by atoms with Gasteiger partial charge >= 0.3 is 0 Å². The second kappa shape index (κ2) is 11.8. The van der Waals surface area contributed by atoms with Crippen LogP contribution >= 0.6 is 0 Å². The Balaban J connectivity index is 1.91. The van der Waals surface area contributed by atoms with Crippen LogP contribution in [0.1, 0.15) is 69.4 Å². The summed E-state index contributed by atoms with van der Waals surface area (Å²) in [6.07, 6.45) is 6.15. The molecule has 4 N–H and O–H groups in total. The van der Waals surface area contributed by atoms with E-state index in [2.05, 4.69) is 6.92 Å². The van der Waals surface area contributed by atoms with Crippen molar-refractivity contribution in [1.29, 1.82) is 0 Å². The number of hydrogen-bond donors (Lipinski definition) is 4. The van der Waals surface area contributed by atoms with Crippen LogP contribution in [0.5, 0.6) is 0 Å². The highest BCUT2D eigenvalue weighted by Gasteiger charge is 2.45. The maximum absolute atomic E-state index is 10.4. The summed E-state index contributed by atoms with van der Waals surface area (Å²) >= 11 is 0. The van der Waals surface area contributed by atoms with Crippen LogP contribution in [0.25, 0.3) is 0 Å². The van der Waals surface area contributed by atoms with Crippen LogP contribution in [-0.4, -0.2) is 51.4 Å². The van der Waals surface area contributed by atoms with Crippen LogP contribution < -0.4 is 0 Å². The Morgan fingerprint density at radius 1 is 0.852 bits per heavy atom. The molecule has 1 fully saturated rings. The van der Waals surface area contributed by atoms with Gasteiger partial charge in [-0.2, -0.15) is 0 Å². The Labute approximate surface area is 163 Å². The number of aryl methyl sites for hydroxylation is 1. The Bertz CT molecular complexity index is 533. The molecule has 1 heterocycles. The Morgan fingerprint density at radius 2 is 1.48 bits per heavy atom. The van der Waals surface area contributed by atoms with Crippen molar-refractivity contribution in [3.8, 4) is 0 Å². The minimum atomic E-state index is -1.37. The van der Waals surface area contributed by atoms with Crippen LogP contribution in [0.15, 0.2) is 24.3 Å². The number of unbranched alkanes of at least 4 members (excludes halogenated alkanes) is 7. The van der Waals surface area contributed by atoms with E-state index in [9.17, 15) is 20.4 Å². The minimum Gasteiger partial charge on any atom is -0.394 e. The molecule has 0 amide bonds. The zero-order valence-corrected chi connectivity index (χ0v) is 16.4. The SMILES string of the molecule is CCCCCCCCCCc1ccccc1[C]1O[C@H](CO)[C@@H](O)[C@H](O)[C@H]1O. The van der Waals surface area contributed by atoms with Gasteiger partial charge in [0, 0.05) is 0 Å². The normalized spacial score (nSPS) is 26.4. The molecule has 1 saturated heterocycles. The van der Waals surface area contributed by atoms with Gasteiger partial charge in [-0.25, -0.2) is 0 Å². The molecular formula is C22H35O5. The third-order valence-corrected chi connectivity index (χ3v) is 5.36. The second-order valence-corrected chi connectivity index (χ2v) is 7.51. The summed E-state index contributed by atoms with van der Waals surface area (Å²) in [5.41, 5.74) is 1.80. The van der Waals surface area contributed by atoms with Crippen LogP contribution in [0.3, 0.4) is 0 Å². The zero-order chi connectivity index (χ0) is 19.6. The molecule has 1 radical (unpaired) electrons. The molecule has 0 aliphatic carbocycles. The summed E-state index contributed by atoms with van der Waals surface area (Å²) in [6.45, 7) is 1.81. The van der Waals surface area contributed by atoms with E-state index in [1.54, 1.807) is 0 Å². The molecule has 5 heteroatoms. The van der Waals surface area contributed by atoms with E-state index in [0.717, 1.165) is 24.0 Å².